The molecule has 3 rings (SSSR count). The monoisotopic (exact) mass is 552 g/mol. The van der Waals surface area contributed by atoms with Gasteiger partial charge >= 0.3 is 5.97 Å². The number of carbonyl (C=O) groups excluding carboxylic acids is 2. The minimum atomic E-state index is -0.522. The van der Waals surface area contributed by atoms with E-state index in [9.17, 15) is 9.59 Å². The third-order valence-corrected chi connectivity index (χ3v) is 5.70. The van der Waals surface area contributed by atoms with Crippen molar-refractivity contribution in [1.29, 1.82) is 0 Å². The van der Waals surface area contributed by atoms with E-state index in [0.29, 0.717) is 40.9 Å². The summed E-state index contributed by atoms with van der Waals surface area (Å²) >= 11 is 3.40. The van der Waals surface area contributed by atoms with E-state index in [1.807, 2.05) is 26.0 Å². The number of rotatable bonds is 10. The van der Waals surface area contributed by atoms with Gasteiger partial charge in [0.1, 0.15) is 17.2 Å². The van der Waals surface area contributed by atoms with Gasteiger partial charge in [0, 0.05) is 10.0 Å². The van der Waals surface area contributed by atoms with Crippen molar-refractivity contribution in [3.8, 4) is 17.2 Å². The normalized spacial score (nSPS) is 10.9. The lowest BCUT2D eigenvalue weighted by Gasteiger charge is -2.12. The zero-order valence-electron chi connectivity index (χ0n) is 20.7. The molecule has 0 atom stereocenters. The van der Waals surface area contributed by atoms with Crippen molar-refractivity contribution in [1.82, 2.24) is 5.43 Å². The lowest BCUT2D eigenvalue weighted by molar-refractivity contribution is -0.123. The topological polar surface area (TPSA) is 86.2 Å². The van der Waals surface area contributed by atoms with Gasteiger partial charge in [0.2, 0.25) is 0 Å². The van der Waals surface area contributed by atoms with E-state index in [-0.39, 0.29) is 6.61 Å². The molecule has 36 heavy (non-hydrogen) atoms. The number of ether oxygens (including phenoxy) is 3. The maximum absolute atomic E-state index is 12.6. The molecule has 1 amide bonds. The maximum Gasteiger partial charge on any atom is 0.343 e. The number of nitrogens with one attached hydrogen (secondary N) is 1. The minimum absolute atomic E-state index is 0.183. The van der Waals surface area contributed by atoms with E-state index in [4.69, 9.17) is 14.2 Å². The quantitative estimate of drug-likeness (QED) is 0.144. The number of aryl methyl sites for hydroxylation is 1. The van der Waals surface area contributed by atoms with Crippen molar-refractivity contribution in [2.75, 3.05) is 13.2 Å². The fourth-order valence-electron chi connectivity index (χ4n) is 3.21. The number of carbonyl (C=O) groups is 2. The zero-order chi connectivity index (χ0) is 26.1. The second-order valence-electron chi connectivity index (χ2n) is 8.29. The van der Waals surface area contributed by atoms with Crippen LogP contribution in [0.25, 0.3) is 0 Å². The Hall–Kier alpha value is -3.65. The first-order valence-corrected chi connectivity index (χ1v) is 12.4. The van der Waals surface area contributed by atoms with E-state index in [1.54, 1.807) is 42.5 Å². The number of hydrogen-bond donors (Lipinski definition) is 1. The van der Waals surface area contributed by atoms with Crippen molar-refractivity contribution in [2.45, 2.75) is 33.6 Å². The molecular formula is C28H29BrN2O5. The Bertz CT molecular complexity index is 1240. The summed E-state index contributed by atoms with van der Waals surface area (Å²) < 4.78 is 17.4. The van der Waals surface area contributed by atoms with Crippen LogP contribution in [0.3, 0.4) is 0 Å². The molecule has 0 saturated heterocycles. The van der Waals surface area contributed by atoms with Gasteiger partial charge in [0.05, 0.1) is 18.4 Å². The van der Waals surface area contributed by atoms with Crippen molar-refractivity contribution in [2.24, 2.45) is 5.10 Å². The first-order chi connectivity index (χ1) is 17.3. The summed E-state index contributed by atoms with van der Waals surface area (Å²) in [6.07, 6.45) is 1.41. The molecular weight excluding hydrogens is 524 g/mol. The molecule has 3 aromatic rings. The molecule has 0 aliphatic rings. The second kappa shape index (κ2) is 12.9. The molecule has 0 heterocycles. The average Bonchev–Trinajstić information content (AvgIpc) is 2.85. The highest BCUT2D eigenvalue weighted by molar-refractivity contribution is 9.10. The van der Waals surface area contributed by atoms with E-state index in [1.165, 1.54) is 6.21 Å². The zero-order valence-corrected chi connectivity index (χ0v) is 22.3. The van der Waals surface area contributed by atoms with Crippen molar-refractivity contribution < 1.29 is 23.8 Å². The summed E-state index contributed by atoms with van der Waals surface area (Å²) in [5.41, 5.74) is 5.41. The predicted molar refractivity (Wildman–Crippen MR) is 143 cm³/mol. The van der Waals surface area contributed by atoms with Crippen LogP contribution in [-0.2, 0) is 4.79 Å². The molecule has 0 radical (unpaired) electrons. The molecule has 188 valence electrons. The Morgan fingerprint density at radius 2 is 1.75 bits per heavy atom. The van der Waals surface area contributed by atoms with Crippen LogP contribution in [0.1, 0.15) is 53.7 Å². The van der Waals surface area contributed by atoms with Crippen LogP contribution in [0.5, 0.6) is 17.2 Å². The number of halogens is 1. The summed E-state index contributed by atoms with van der Waals surface area (Å²) in [6, 6.07) is 17.8. The summed E-state index contributed by atoms with van der Waals surface area (Å²) in [6.45, 7) is 8.37. The number of hydrogen-bond acceptors (Lipinski definition) is 6. The summed E-state index contributed by atoms with van der Waals surface area (Å²) in [5, 5.41) is 4.00. The van der Waals surface area contributed by atoms with Crippen LogP contribution >= 0.6 is 15.9 Å². The minimum Gasteiger partial charge on any atom is -0.494 e. The fourth-order valence-corrected chi connectivity index (χ4v) is 3.59. The number of esters is 1. The first kappa shape index (κ1) is 26.9. The second-order valence-corrected chi connectivity index (χ2v) is 9.21. The molecule has 0 saturated carbocycles. The lowest BCUT2D eigenvalue weighted by Crippen LogP contribution is -2.24. The molecule has 0 aromatic heterocycles. The van der Waals surface area contributed by atoms with Gasteiger partial charge < -0.3 is 14.2 Å². The Labute approximate surface area is 219 Å². The highest BCUT2D eigenvalue weighted by Crippen LogP contribution is 2.25. The molecule has 0 aliphatic carbocycles. The molecule has 0 aliphatic heterocycles. The van der Waals surface area contributed by atoms with Crippen LogP contribution in [0.15, 0.2) is 70.2 Å². The molecule has 8 heteroatoms. The Kier molecular flexibility index (Phi) is 9.64. The maximum atomic E-state index is 12.6. The van der Waals surface area contributed by atoms with Crippen LogP contribution in [0, 0.1) is 6.92 Å². The lowest BCUT2D eigenvalue weighted by atomic mass is 10.0. The molecule has 1 N–H and O–H groups in total. The van der Waals surface area contributed by atoms with Gasteiger partial charge in [-0.15, -0.1) is 0 Å². The van der Waals surface area contributed by atoms with E-state index < -0.39 is 11.9 Å². The van der Waals surface area contributed by atoms with Crippen molar-refractivity contribution in [3.05, 3.63) is 87.4 Å². The van der Waals surface area contributed by atoms with Gasteiger partial charge in [-0.3, -0.25) is 4.79 Å². The molecule has 3 aromatic carbocycles. The van der Waals surface area contributed by atoms with Gasteiger partial charge in [-0.05, 0) is 79.4 Å². The number of hydrazone groups is 1. The molecule has 0 spiro atoms. The van der Waals surface area contributed by atoms with Crippen LogP contribution in [0.2, 0.25) is 0 Å². The van der Waals surface area contributed by atoms with Gasteiger partial charge in [-0.2, -0.15) is 5.10 Å². The Morgan fingerprint density at radius 1 is 1.00 bits per heavy atom. The highest BCUT2D eigenvalue weighted by atomic mass is 79.9. The van der Waals surface area contributed by atoms with Gasteiger partial charge in [0.15, 0.2) is 6.61 Å². The summed E-state index contributed by atoms with van der Waals surface area (Å²) in [5.74, 6) is 1.06. The molecule has 0 unspecified atom stereocenters. The van der Waals surface area contributed by atoms with E-state index in [0.717, 1.165) is 15.6 Å². The molecule has 0 fully saturated rings. The number of amides is 1. The SMILES string of the molecule is CCOc1ccc(C(=O)Oc2ccc(Br)cc2C=NNC(=O)COc2cc(C(C)C)ccc2C)cc1. The average molecular weight is 553 g/mol. The van der Waals surface area contributed by atoms with Crippen molar-refractivity contribution >= 4 is 34.0 Å². The Balaban J connectivity index is 1.61. The van der Waals surface area contributed by atoms with Gasteiger partial charge in [-0.25, -0.2) is 10.2 Å². The van der Waals surface area contributed by atoms with Crippen LogP contribution < -0.4 is 19.6 Å². The Morgan fingerprint density at radius 3 is 2.44 bits per heavy atom. The third kappa shape index (κ3) is 7.68. The molecule has 0 bridgehead atoms. The number of nitrogens with zero attached hydrogens (tertiary/aromatic N) is 1. The fraction of sp³-hybridized carbons (Fsp3) is 0.250. The van der Waals surface area contributed by atoms with Crippen molar-refractivity contribution in [3.63, 3.8) is 0 Å². The van der Waals surface area contributed by atoms with Crippen LogP contribution in [0.4, 0.5) is 0 Å². The first-order valence-electron chi connectivity index (χ1n) is 11.6. The summed E-state index contributed by atoms with van der Waals surface area (Å²) in [4.78, 5) is 24.9. The van der Waals surface area contributed by atoms with E-state index >= 15 is 0 Å². The number of benzene rings is 3. The smallest absolute Gasteiger partial charge is 0.343 e. The van der Waals surface area contributed by atoms with Gasteiger partial charge in [0.25, 0.3) is 5.91 Å². The standard InChI is InChI=1S/C28H29BrN2O5/c1-5-34-24-11-8-20(9-12-24)28(33)36-25-13-10-23(29)14-22(25)16-30-31-27(32)17-35-26-15-21(18(2)3)7-6-19(26)4/h6-16,18H,5,17H2,1-4H3,(H,31,32). The third-order valence-electron chi connectivity index (χ3n) is 5.21. The predicted octanol–water partition coefficient (Wildman–Crippen LogP) is 6.03. The highest BCUT2D eigenvalue weighted by Gasteiger charge is 2.12. The van der Waals surface area contributed by atoms with Gasteiger partial charge in [-0.1, -0.05) is 41.9 Å². The summed E-state index contributed by atoms with van der Waals surface area (Å²) in [7, 11) is 0. The van der Waals surface area contributed by atoms with Crippen LogP contribution in [-0.4, -0.2) is 31.3 Å². The largest absolute Gasteiger partial charge is 0.494 e. The molecule has 7 nitrogen and oxygen atoms in total. The van der Waals surface area contributed by atoms with E-state index in [2.05, 4.69) is 46.4 Å².